The summed E-state index contributed by atoms with van der Waals surface area (Å²) in [4.78, 5) is 30.2. The summed E-state index contributed by atoms with van der Waals surface area (Å²) in [6.45, 7) is 0.894. The van der Waals surface area contributed by atoms with Crippen molar-refractivity contribution < 1.29 is 23.7 Å². The SMILES string of the molecule is O=C(C1=C([O-])C(=O)N(CCC[n+]2cc[nH]c2)C1c1ccc(Cl)cc1Cl)c1ccco1. The van der Waals surface area contributed by atoms with E-state index in [1.807, 2.05) is 10.8 Å². The molecule has 9 heteroatoms. The van der Waals surface area contributed by atoms with Gasteiger partial charge >= 0.3 is 0 Å². The van der Waals surface area contributed by atoms with Crippen LogP contribution in [0.1, 0.15) is 28.6 Å². The molecule has 2 aromatic heterocycles. The van der Waals surface area contributed by atoms with Crippen molar-refractivity contribution in [2.75, 3.05) is 6.54 Å². The van der Waals surface area contributed by atoms with Gasteiger partial charge in [0.2, 0.25) is 18.0 Å². The number of carbonyl (C=O) groups is 2. The number of furan rings is 1. The zero-order valence-electron chi connectivity index (χ0n) is 15.7. The molecule has 1 atom stereocenters. The Morgan fingerprint density at radius 1 is 1.30 bits per heavy atom. The lowest BCUT2D eigenvalue weighted by atomic mass is 9.95. The third-order valence-corrected chi connectivity index (χ3v) is 5.51. The highest BCUT2D eigenvalue weighted by Gasteiger charge is 2.40. The maximum atomic E-state index is 13.0. The molecule has 0 bridgehead atoms. The zero-order valence-corrected chi connectivity index (χ0v) is 17.2. The van der Waals surface area contributed by atoms with Crippen molar-refractivity contribution in [3.8, 4) is 0 Å². The van der Waals surface area contributed by atoms with E-state index in [9.17, 15) is 14.7 Å². The summed E-state index contributed by atoms with van der Waals surface area (Å²) >= 11 is 12.4. The fourth-order valence-electron chi connectivity index (χ4n) is 3.57. The van der Waals surface area contributed by atoms with Gasteiger partial charge in [0.25, 0.3) is 0 Å². The number of carbonyl (C=O) groups excluding carboxylic acids is 2. The van der Waals surface area contributed by atoms with E-state index in [2.05, 4.69) is 4.98 Å². The van der Waals surface area contributed by atoms with E-state index in [4.69, 9.17) is 27.6 Å². The summed E-state index contributed by atoms with van der Waals surface area (Å²) in [5.41, 5.74) is 0.290. The first-order valence-corrected chi connectivity index (χ1v) is 10.00. The van der Waals surface area contributed by atoms with Gasteiger partial charge in [0.15, 0.2) is 5.76 Å². The normalized spacial score (nSPS) is 16.5. The molecule has 0 fully saturated rings. The second-order valence-corrected chi connectivity index (χ2v) is 7.66. The van der Waals surface area contributed by atoms with Crippen LogP contribution in [0.2, 0.25) is 10.0 Å². The smallest absolute Gasteiger partial charge is 0.241 e. The molecule has 1 aliphatic rings. The predicted octanol–water partition coefficient (Wildman–Crippen LogP) is 2.67. The zero-order chi connectivity index (χ0) is 21.3. The first-order valence-electron chi connectivity index (χ1n) is 9.24. The van der Waals surface area contributed by atoms with Gasteiger partial charge in [-0.3, -0.25) is 14.6 Å². The molecule has 1 unspecified atom stereocenters. The van der Waals surface area contributed by atoms with Crippen LogP contribution in [0.4, 0.5) is 0 Å². The van der Waals surface area contributed by atoms with Gasteiger partial charge < -0.3 is 14.4 Å². The fourth-order valence-corrected chi connectivity index (χ4v) is 4.08. The number of halogens is 2. The predicted molar refractivity (Wildman–Crippen MR) is 107 cm³/mol. The molecule has 7 nitrogen and oxygen atoms in total. The number of rotatable bonds is 7. The van der Waals surface area contributed by atoms with Crippen LogP contribution in [-0.2, 0) is 11.3 Å². The number of benzene rings is 1. The van der Waals surface area contributed by atoms with Crippen LogP contribution in [0.5, 0.6) is 0 Å². The minimum atomic E-state index is -0.913. The van der Waals surface area contributed by atoms with Crippen molar-refractivity contribution >= 4 is 34.9 Å². The first kappa shape index (κ1) is 20.3. The van der Waals surface area contributed by atoms with E-state index in [0.717, 1.165) is 0 Å². The van der Waals surface area contributed by atoms with Gasteiger partial charge in [-0.2, -0.15) is 0 Å². The van der Waals surface area contributed by atoms with E-state index in [-0.39, 0.29) is 22.9 Å². The average molecular weight is 446 g/mol. The Morgan fingerprint density at radius 3 is 2.80 bits per heavy atom. The molecule has 1 aliphatic heterocycles. The van der Waals surface area contributed by atoms with E-state index >= 15 is 0 Å². The highest BCUT2D eigenvalue weighted by Crippen LogP contribution is 2.41. The van der Waals surface area contributed by atoms with Gasteiger partial charge in [-0.15, -0.1) is 0 Å². The van der Waals surface area contributed by atoms with Crippen molar-refractivity contribution in [1.29, 1.82) is 0 Å². The number of imidazole rings is 1. The van der Waals surface area contributed by atoms with Gasteiger partial charge in [0.1, 0.15) is 12.4 Å². The number of aromatic nitrogens is 2. The van der Waals surface area contributed by atoms with Gasteiger partial charge in [-0.1, -0.05) is 29.3 Å². The van der Waals surface area contributed by atoms with Crippen LogP contribution in [-0.4, -0.2) is 28.1 Å². The Kier molecular flexibility index (Phi) is 5.65. The van der Waals surface area contributed by atoms with Gasteiger partial charge in [0, 0.05) is 28.6 Å². The van der Waals surface area contributed by atoms with Crippen molar-refractivity contribution in [2.24, 2.45) is 0 Å². The van der Waals surface area contributed by atoms with Crippen molar-refractivity contribution in [3.63, 3.8) is 0 Å². The van der Waals surface area contributed by atoms with E-state index < -0.39 is 23.5 Å². The Balaban J connectivity index is 1.70. The van der Waals surface area contributed by atoms with E-state index in [1.165, 1.54) is 23.3 Å². The maximum absolute atomic E-state index is 13.0. The Hall–Kier alpha value is -3.03. The second kappa shape index (κ2) is 8.38. The topological polar surface area (TPSA) is 93.2 Å². The van der Waals surface area contributed by atoms with Gasteiger partial charge in [0.05, 0.1) is 18.8 Å². The summed E-state index contributed by atoms with van der Waals surface area (Å²) in [5, 5.41) is 13.5. The number of ketones is 1. The number of nitrogens with one attached hydrogen (secondary N) is 1. The standard InChI is InChI=1S/C21H17Cl2N3O4/c22-13-4-5-14(15(23)11-13)18-17(19(27)16-3-1-10-30-16)20(28)21(29)26(18)8-2-7-25-9-6-24-12-25/h1,3-6,9-12,18H,2,7-8H2,(H,27,28). The van der Waals surface area contributed by atoms with E-state index in [1.54, 1.807) is 30.7 Å². The minimum absolute atomic E-state index is 0.00837. The molecule has 1 aromatic carbocycles. The molecule has 1 amide bonds. The quantitative estimate of drug-likeness (QED) is 0.446. The molecule has 4 rings (SSSR count). The molecule has 0 spiro atoms. The van der Waals surface area contributed by atoms with Crippen LogP contribution in [0.15, 0.2) is 71.1 Å². The van der Waals surface area contributed by atoms with E-state index in [0.29, 0.717) is 23.6 Å². The van der Waals surface area contributed by atoms with Crippen LogP contribution in [0.25, 0.3) is 0 Å². The molecule has 3 heterocycles. The lowest BCUT2D eigenvalue weighted by molar-refractivity contribution is -0.695. The number of nitrogens with zero attached hydrogens (tertiary/aromatic N) is 2. The molecule has 154 valence electrons. The third kappa shape index (κ3) is 3.74. The largest absolute Gasteiger partial charge is 0.868 e. The monoisotopic (exact) mass is 445 g/mol. The number of hydrogen-bond acceptors (Lipinski definition) is 4. The molecule has 3 aromatic rings. The fraction of sp³-hybridized carbons (Fsp3) is 0.190. The number of H-pyrrole nitrogens is 1. The Morgan fingerprint density at radius 2 is 2.13 bits per heavy atom. The summed E-state index contributed by atoms with van der Waals surface area (Å²) in [7, 11) is 0. The average Bonchev–Trinajstić information content (AvgIpc) is 3.46. The van der Waals surface area contributed by atoms with Crippen molar-refractivity contribution in [3.05, 3.63) is 88.0 Å². The molecule has 0 saturated heterocycles. The molecular formula is C21H17Cl2N3O4. The molecule has 1 N–H and O–H groups in total. The highest BCUT2D eigenvalue weighted by atomic mass is 35.5. The lowest BCUT2D eigenvalue weighted by Gasteiger charge is -2.28. The first-order chi connectivity index (χ1) is 14.5. The summed E-state index contributed by atoms with van der Waals surface area (Å²) in [6.07, 6.45) is 7.36. The van der Waals surface area contributed by atoms with Crippen molar-refractivity contribution in [2.45, 2.75) is 19.0 Å². The number of aryl methyl sites for hydroxylation is 1. The van der Waals surface area contributed by atoms with Crippen molar-refractivity contribution in [1.82, 2.24) is 9.88 Å². The van der Waals surface area contributed by atoms with Gasteiger partial charge in [-0.25, -0.2) is 4.57 Å². The number of hydrogen-bond donors (Lipinski definition) is 1. The van der Waals surface area contributed by atoms with Crippen LogP contribution >= 0.6 is 23.2 Å². The van der Waals surface area contributed by atoms with Crippen LogP contribution in [0.3, 0.4) is 0 Å². The summed E-state index contributed by atoms with van der Waals surface area (Å²) in [5.74, 6) is -2.22. The Labute approximate surface area is 182 Å². The molecule has 30 heavy (non-hydrogen) atoms. The number of amides is 1. The Bertz CT molecular complexity index is 1110. The molecular weight excluding hydrogens is 429 g/mol. The van der Waals surface area contributed by atoms with Gasteiger partial charge in [-0.05, 0) is 35.6 Å². The number of aromatic amines is 1. The molecule has 0 saturated carbocycles. The summed E-state index contributed by atoms with van der Waals surface area (Å²) in [6, 6.07) is 6.85. The molecule has 0 radical (unpaired) electrons. The lowest BCUT2D eigenvalue weighted by Crippen LogP contribution is -2.37. The minimum Gasteiger partial charge on any atom is -0.868 e. The third-order valence-electron chi connectivity index (χ3n) is 4.95. The van der Waals surface area contributed by atoms with Crippen LogP contribution < -0.4 is 9.67 Å². The van der Waals surface area contributed by atoms with Crippen LogP contribution in [0, 0.1) is 0 Å². The highest BCUT2D eigenvalue weighted by molar-refractivity contribution is 6.35. The second-order valence-electron chi connectivity index (χ2n) is 6.82. The molecule has 0 aliphatic carbocycles. The maximum Gasteiger partial charge on any atom is 0.241 e. The number of Topliss-reactive ketones (excluding diaryl/α,β-unsaturated/α-hetero) is 1. The summed E-state index contributed by atoms with van der Waals surface area (Å²) < 4.78 is 7.10.